The first-order valence-electron chi connectivity index (χ1n) is 6.54. The van der Waals surface area contributed by atoms with E-state index in [9.17, 15) is 31.1 Å². The van der Waals surface area contributed by atoms with Gasteiger partial charge < -0.3 is 19.7 Å². The van der Waals surface area contributed by atoms with E-state index in [2.05, 4.69) is 14.8 Å². The molecule has 1 aliphatic rings. The molecule has 0 aromatic heterocycles. The summed E-state index contributed by atoms with van der Waals surface area (Å²) >= 11 is 0. The van der Waals surface area contributed by atoms with Crippen molar-refractivity contribution in [2.75, 3.05) is 18.5 Å². The quantitative estimate of drug-likeness (QED) is 0.690. The third-order valence-electron chi connectivity index (χ3n) is 2.78. The number of benzene rings is 1. The zero-order valence-electron chi connectivity index (χ0n) is 12.3. The van der Waals surface area contributed by atoms with Gasteiger partial charge in [-0.2, -0.15) is 26.3 Å². The fourth-order valence-electron chi connectivity index (χ4n) is 1.71. The van der Waals surface area contributed by atoms with Crippen LogP contribution in [0.4, 0.5) is 36.8 Å². The normalized spacial score (nSPS) is 19.7. The minimum absolute atomic E-state index is 0.593. The number of anilines is 1. The van der Waals surface area contributed by atoms with E-state index in [0.717, 1.165) is 0 Å². The Morgan fingerprint density at radius 2 is 1.68 bits per heavy atom. The topological polar surface area (TPSA) is 88.0 Å². The van der Waals surface area contributed by atoms with E-state index in [1.165, 1.54) is 0 Å². The number of carboxylic acid groups (broad SMARTS) is 1. The monoisotopic (exact) mass is 377 g/mol. The first kappa shape index (κ1) is 21.0. The van der Waals surface area contributed by atoms with Crippen molar-refractivity contribution in [3.05, 3.63) is 30.3 Å². The standard InChI is InChI=1S/C7H7NO2.C6H6F6O3/c9-7(10)8-6-4-2-1-3-5-6;7-5(8,9)4(6(10,11)12)14-2-3(1-13)15-4/h1-5,8H,(H,9,10);3,13H,1-2H2. The first-order chi connectivity index (χ1) is 11.4. The van der Waals surface area contributed by atoms with Crippen LogP contribution in [0.15, 0.2) is 30.3 Å². The maximum absolute atomic E-state index is 12.2. The largest absolute Gasteiger partial charge is 0.465 e. The summed E-state index contributed by atoms with van der Waals surface area (Å²) in [5.74, 6) is -4.62. The van der Waals surface area contributed by atoms with E-state index in [1.807, 2.05) is 6.07 Å². The molecule has 1 unspecified atom stereocenters. The molecule has 1 saturated heterocycles. The number of hydrogen-bond donors (Lipinski definition) is 3. The number of amides is 1. The van der Waals surface area contributed by atoms with Crippen molar-refractivity contribution in [1.82, 2.24) is 0 Å². The first-order valence-corrected chi connectivity index (χ1v) is 6.54. The predicted molar refractivity (Wildman–Crippen MR) is 70.8 cm³/mol. The molecule has 142 valence electrons. The highest BCUT2D eigenvalue weighted by molar-refractivity contribution is 5.82. The van der Waals surface area contributed by atoms with E-state index in [-0.39, 0.29) is 0 Å². The van der Waals surface area contributed by atoms with Gasteiger partial charge >= 0.3 is 24.2 Å². The van der Waals surface area contributed by atoms with Crippen LogP contribution in [-0.4, -0.2) is 53.8 Å². The number of hydrogen-bond acceptors (Lipinski definition) is 4. The van der Waals surface area contributed by atoms with Crippen LogP contribution in [0.1, 0.15) is 0 Å². The number of rotatable bonds is 2. The second-order valence-electron chi connectivity index (χ2n) is 4.64. The number of carbonyl (C=O) groups is 1. The average molecular weight is 377 g/mol. The number of halogens is 6. The fourth-order valence-corrected chi connectivity index (χ4v) is 1.71. The van der Waals surface area contributed by atoms with E-state index in [1.54, 1.807) is 24.3 Å². The summed E-state index contributed by atoms with van der Waals surface area (Å²) < 4.78 is 80.4. The van der Waals surface area contributed by atoms with Gasteiger partial charge in [0.05, 0.1) is 13.2 Å². The van der Waals surface area contributed by atoms with E-state index < -0.39 is 43.6 Å². The third-order valence-corrected chi connectivity index (χ3v) is 2.78. The highest BCUT2D eigenvalue weighted by atomic mass is 19.4. The minimum atomic E-state index is -5.74. The molecule has 0 radical (unpaired) electrons. The van der Waals surface area contributed by atoms with Gasteiger partial charge in [0.25, 0.3) is 0 Å². The molecule has 12 heteroatoms. The lowest BCUT2D eigenvalue weighted by molar-refractivity contribution is -0.443. The Bertz CT molecular complexity index is 548. The van der Waals surface area contributed by atoms with E-state index >= 15 is 0 Å². The maximum atomic E-state index is 12.2. The molecule has 2 rings (SSSR count). The molecule has 1 fully saturated rings. The highest BCUT2D eigenvalue weighted by Crippen LogP contribution is 2.49. The minimum Gasteiger partial charge on any atom is -0.465 e. The Balaban J connectivity index is 0.000000271. The van der Waals surface area contributed by atoms with Gasteiger partial charge in [0.2, 0.25) is 0 Å². The van der Waals surface area contributed by atoms with Crippen LogP contribution in [0.25, 0.3) is 0 Å². The maximum Gasteiger partial charge on any atom is 0.453 e. The SMILES string of the molecule is O=C(O)Nc1ccccc1.OCC1COC(C(F)(F)F)(C(F)(F)F)O1. The van der Waals surface area contributed by atoms with Crippen LogP contribution in [0.3, 0.4) is 0 Å². The van der Waals surface area contributed by atoms with Crippen molar-refractivity contribution in [3.63, 3.8) is 0 Å². The average Bonchev–Trinajstić information content (AvgIpc) is 2.93. The molecule has 0 spiro atoms. The van der Waals surface area contributed by atoms with Crippen molar-refractivity contribution in [2.45, 2.75) is 24.2 Å². The van der Waals surface area contributed by atoms with Crippen LogP contribution < -0.4 is 5.32 Å². The lowest BCUT2D eigenvalue weighted by Gasteiger charge is -2.31. The molecule has 1 atom stereocenters. The summed E-state index contributed by atoms with van der Waals surface area (Å²) in [5, 5.41) is 18.9. The Morgan fingerprint density at radius 1 is 1.16 bits per heavy atom. The van der Waals surface area contributed by atoms with Crippen molar-refractivity contribution < 1.29 is 50.8 Å². The Morgan fingerprint density at radius 3 is 2.00 bits per heavy atom. The van der Waals surface area contributed by atoms with Crippen molar-refractivity contribution >= 4 is 11.8 Å². The third kappa shape index (κ3) is 5.21. The fraction of sp³-hybridized carbons (Fsp3) is 0.462. The van der Waals surface area contributed by atoms with Gasteiger partial charge in [0.1, 0.15) is 6.10 Å². The lowest BCUT2D eigenvalue weighted by atomic mass is 10.2. The molecule has 1 amide bonds. The second-order valence-corrected chi connectivity index (χ2v) is 4.64. The van der Waals surface area contributed by atoms with Gasteiger partial charge in [-0.1, -0.05) is 18.2 Å². The molecule has 1 aromatic rings. The summed E-state index contributed by atoms with van der Waals surface area (Å²) in [4.78, 5) is 10.1. The molecular weight excluding hydrogens is 364 g/mol. The molecule has 0 saturated carbocycles. The Kier molecular flexibility index (Phi) is 6.62. The zero-order valence-corrected chi connectivity index (χ0v) is 12.3. The summed E-state index contributed by atoms with van der Waals surface area (Å²) in [6.07, 6.45) is -14.1. The van der Waals surface area contributed by atoms with Gasteiger partial charge in [0.15, 0.2) is 0 Å². The van der Waals surface area contributed by atoms with Crippen molar-refractivity contribution in [1.29, 1.82) is 0 Å². The van der Waals surface area contributed by atoms with Crippen LogP contribution in [-0.2, 0) is 9.47 Å². The molecule has 1 aliphatic heterocycles. The van der Waals surface area contributed by atoms with Gasteiger partial charge in [-0.15, -0.1) is 0 Å². The Labute approximate surface area is 137 Å². The van der Waals surface area contributed by atoms with Crippen LogP contribution in [0.2, 0.25) is 0 Å². The lowest BCUT2D eigenvalue weighted by Crippen LogP contribution is -2.58. The Hall–Kier alpha value is -2.05. The van der Waals surface area contributed by atoms with Gasteiger partial charge in [-0.25, -0.2) is 4.79 Å². The summed E-state index contributed by atoms with van der Waals surface area (Å²) in [5.41, 5.74) is 0.593. The molecule has 0 aliphatic carbocycles. The molecule has 6 nitrogen and oxygen atoms in total. The van der Waals surface area contributed by atoms with Gasteiger partial charge in [-0.05, 0) is 12.1 Å². The molecule has 0 bridgehead atoms. The molecule has 3 N–H and O–H groups in total. The molecular formula is C13H13F6NO5. The second kappa shape index (κ2) is 7.89. The van der Waals surface area contributed by atoms with E-state index in [0.29, 0.717) is 5.69 Å². The zero-order chi connectivity index (χ0) is 19.3. The summed E-state index contributed by atoms with van der Waals surface area (Å²) in [6, 6.07) is 8.74. The highest BCUT2D eigenvalue weighted by Gasteiger charge is 2.77. The number of aliphatic hydroxyl groups is 1. The number of alkyl halides is 6. The number of nitrogens with one attached hydrogen (secondary N) is 1. The van der Waals surface area contributed by atoms with Gasteiger partial charge in [-0.3, -0.25) is 5.32 Å². The van der Waals surface area contributed by atoms with Crippen LogP contribution in [0.5, 0.6) is 0 Å². The summed E-state index contributed by atoms with van der Waals surface area (Å²) in [6.45, 7) is -1.94. The predicted octanol–water partition coefficient (Wildman–Crippen LogP) is 2.99. The van der Waals surface area contributed by atoms with Gasteiger partial charge in [0, 0.05) is 5.69 Å². The van der Waals surface area contributed by atoms with E-state index in [4.69, 9.17) is 10.2 Å². The number of ether oxygens (including phenoxy) is 2. The molecule has 25 heavy (non-hydrogen) atoms. The number of para-hydroxylation sites is 1. The smallest absolute Gasteiger partial charge is 0.453 e. The van der Waals surface area contributed by atoms with Crippen LogP contribution in [0, 0.1) is 0 Å². The van der Waals surface area contributed by atoms with Crippen LogP contribution >= 0.6 is 0 Å². The molecule has 1 aromatic carbocycles. The number of aliphatic hydroxyl groups excluding tert-OH is 1. The molecule has 1 heterocycles. The summed E-state index contributed by atoms with van der Waals surface area (Å²) in [7, 11) is 0. The van der Waals surface area contributed by atoms with Crippen molar-refractivity contribution in [2.24, 2.45) is 0 Å². The van der Waals surface area contributed by atoms with Crippen molar-refractivity contribution in [3.8, 4) is 0 Å².